The van der Waals surface area contributed by atoms with Crippen LogP contribution < -0.4 is 10.3 Å². The van der Waals surface area contributed by atoms with Crippen molar-refractivity contribution in [2.45, 2.75) is 26.8 Å². The van der Waals surface area contributed by atoms with E-state index in [0.29, 0.717) is 39.5 Å². The van der Waals surface area contributed by atoms with Gasteiger partial charge in [-0.1, -0.05) is 11.7 Å². The first-order valence-corrected chi connectivity index (χ1v) is 9.76. The summed E-state index contributed by atoms with van der Waals surface area (Å²) < 4.78 is 27.5. The minimum atomic E-state index is -0.756. The Morgan fingerprint density at radius 2 is 2.12 bits per heavy atom. The number of methoxy groups -OCH3 is 1. The summed E-state index contributed by atoms with van der Waals surface area (Å²) in [6, 6.07) is 4.53. The SMILES string of the molecule is C=C(F)c1nnc([C@H](C)n2ccc3ncc(OC)cc3c2=O)n1/C=C(\C)c1cc(C)no1. The minimum Gasteiger partial charge on any atom is -0.495 e. The Labute approximate surface area is 182 Å². The lowest BCUT2D eigenvalue weighted by molar-refractivity contribution is 0.405. The molecule has 1 atom stereocenters. The van der Waals surface area contributed by atoms with Crippen molar-refractivity contribution in [3.63, 3.8) is 0 Å². The zero-order valence-electron chi connectivity index (χ0n) is 18.0. The Morgan fingerprint density at radius 1 is 1.34 bits per heavy atom. The highest BCUT2D eigenvalue weighted by molar-refractivity contribution is 5.78. The molecule has 0 aromatic carbocycles. The van der Waals surface area contributed by atoms with E-state index in [2.05, 4.69) is 26.9 Å². The van der Waals surface area contributed by atoms with Crippen LogP contribution in [0.25, 0.3) is 28.5 Å². The van der Waals surface area contributed by atoms with Gasteiger partial charge in [0.05, 0.1) is 35.9 Å². The van der Waals surface area contributed by atoms with Gasteiger partial charge in [-0.2, -0.15) is 0 Å². The van der Waals surface area contributed by atoms with Crippen molar-refractivity contribution in [3.05, 3.63) is 70.6 Å². The van der Waals surface area contributed by atoms with Crippen LogP contribution >= 0.6 is 0 Å². The molecular formula is C22H21FN6O3. The summed E-state index contributed by atoms with van der Waals surface area (Å²) >= 11 is 0. The molecule has 9 nitrogen and oxygen atoms in total. The number of halogens is 1. The van der Waals surface area contributed by atoms with Crippen molar-refractivity contribution < 1.29 is 13.7 Å². The highest BCUT2D eigenvalue weighted by atomic mass is 19.1. The van der Waals surface area contributed by atoms with E-state index in [1.54, 1.807) is 57.6 Å². The van der Waals surface area contributed by atoms with Crippen molar-refractivity contribution in [1.29, 1.82) is 0 Å². The molecule has 0 aliphatic heterocycles. The molecule has 0 aliphatic rings. The van der Waals surface area contributed by atoms with Gasteiger partial charge in [0.15, 0.2) is 23.2 Å². The molecule has 0 bridgehead atoms. The third kappa shape index (κ3) is 3.70. The van der Waals surface area contributed by atoms with Crippen LogP contribution in [0.1, 0.15) is 43.0 Å². The molecule has 10 heteroatoms. The van der Waals surface area contributed by atoms with Crippen LogP contribution in [0.4, 0.5) is 4.39 Å². The quantitative estimate of drug-likeness (QED) is 0.452. The largest absolute Gasteiger partial charge is 0.495 e. The Balaban J connectivity index is 1.84. The van der Waals surface area contributed by atoms with Crippen molar-refractivity contribution in [1.82, 2.24) is 29.5 Å². The first-order chi connectivity index (χ1) is 15.3. The first-order valence-electron chi connectivity index (χ1n) is 9.76. The summed E-state index contributed by atoms with van der Waals surface area (Å²) in [6.45, 7) is 8.71. The molecule has 4 aromatic rings. The lowest BCUT2D eigenvalue weighted by atomic mass is 10.2. The number of allylic oxidation sites excluding steroid dienone is 1. The maximum absolute atomic E-state index is 14.1. The molecule has 0 unspecified atom stereocenters. The van der Waals surface area contributed by atoms with Gasteiger partial charge >= 0.3 is 0 Å². The van der Waals surface area contributed by atoms with Crippen LogP contribution in [0.5, 0.6) is 5.75 Å². The van der Waals surface area contributed by atoms with Gasteiger partial charge in [0, 0.05) is 24.0 Å². The number of nitrogens with zero attached hydrogens (tertiary/aromatic N) is 6. The van der Waals surface area contributed by atoms with Crippen LogP contribution in [-0.2, 0) is 0 Å². The van der Waals surface area contributed by atoms with Gasteiger partial charge in [0.1, 0.15) is 5.75 Å². The van der Waals surface area contributed by atoms with Crippen LogP contribution in [0, 0.1) is 6.92 Å². The lowest BCUT2D eigenvalue weighted by Crippen LogP contribution is -2.25. The molecule has 4 rings (SSSR count). The normalized spacial score (nSPS) is 12.8. The summed E-state index contributed by atoms with van der Waals surface area (Å²) in [6.07, 6.45) is 4.79. The molecule has 0 saturated heterocycles. The molecule has 0 saturated carbocycles. The highest BCUT2D eigenvalue weighted by Crippen LogP contribution is 2.24. The zero-order chi connectivity index (χ0) is 23.0. The molecule has 0 fully saturated rings. The van der Waals surface area contributed by atoms with E-state index < -0.39 is 11.9 Å². The van der Waals surface area contributed by atoms with Crippen LogP contribution in [0.15, 0.2) is 46.5 Å². The van der Waals surface area contributed by atoms with E-state index in [-0.39, 0.29) is 11.4 Å². The van der Waals surface area contributed by atoms with Gasteiger partial charge in [-0.05, 0) is 32.9 Å². The number of hydrogen-bond acceptors (Lipinski definition) is 7. The molecule has 0 spiro atoms. The predicted octanol–water partition coefficient (Wildman–Crippen LogP) is 3.86. The number of rotatable bonds is 6. The molecule has 0 amide bonds. The van der Waals surface area contributed by atoms with E-state index in [1.807, 2.05) is 0 Å². The Hall–Kier alpha value is -4.08. The van der Waals surface area contributed by atoms with Crippen LogP contribution in [0.2, 0.25) is 0 Å². The molecular weight excluding hydrogens is 415 g/mol. The molecule has 0 N–H and O–H groups in total. The van der Waals surface area contributed by atoms with Crippen LogP contribution in [-0.4, -0.2) is 36.6 Å². The summed E-state index contributed by atoms with van der Waals surface area (Å²) in [5.41, 5.74) is 1.63. The summed E-state index contributed by atoms with van der Waals surface area (Å²) in [5.74, 6) is 0.506. The van der Waals surface area contributed by atoms with Crippen molar-refractivity contribution in [3.8, 4) is 5.75 Å². The second kappa shape index (κ2) is 8.22. The number of aryl methyl sites for hydroxylation is 1. The van der Waals surface area contributed by atoms with Gasteiger partial charge in [0.25, 0.3) is 5.56 Å². The average molecular weight is 436 g/mol. The Bertz CT molecular complexity index is 1410. The molecule has 0 aliphatic carbocycles. The van der Waals surface area contributed by atoms with E-state index in [9.17, 15) is 9.18 Å². The van der Waals surface area contributed by atoms with Crippen LogP contribution in [0.3, 0.4) is 0 Å². The molecule has 0 radical (unpaired) electrons. The molecule has 4 heterocycles. The average Bonchev–Trinajstić information content (AvgIpc) is 3.40. The first kappa shape index (κ1) is 21.2. The van der Waals surface area contributed by atoms with Gasteiger partial charge in [0.2, 0.25) is 0 Å². The molecule has 164 valence electrons. The van der Waals surface area contributed by atoms with Gasteiger partial charge in [-0.25, -0.2) is 4.39 Å². The second-order valence-corrected chi connectivity index (χ2v) is 7.31. The number of hydrogen-bond donors (Lipinski definition) is 0. The number of ether oxygens (including phenoxy) is 1. The fourth-order valence-corrected chi connectivity index (χ4v) is 3.37. The van der Waals surface area contributed by atoms with Crippen molar-refractivity contribution in [2.24, 2.45) is 0 Å². The van der Waals surface area contributed by atoms with E-state index in [1.165, 1.54) is 16.2 Å². The number of pyridine rings is 2. The molecule has 32 heavy (non-hydrogen) atoms. The second-order valence-electron chi connectivity index (χ2n) is 7.31. The summed E-state index contributed by atoms with van der Waals surface area (Å²) in [5, 5.41) is 12.3. The third-order valence-electron chi connectivity index (χ3n) is 5.08. The number of aromatic nitrogens is 6. The third-order valence-corrected chi connectivity index (χ3v) is 5.08. The highest BCUT2D eigenvalue weighted by Gasteiger charge is 2.22. The van der Waals surface area contributed by atoms with Gasteiger partial charge in [-0.15, -0.1) is 10.2 Å². The minimum absolute atomic E-state index is 0.0698. The Morgan fingerprint density at radius 3 is 2.78 bits per heavy atom. The van der Waals surface area contributed by atoms with E-state index in [4.69, 9.17) is 9.26 Å². The zero-order valence-corrected chi connectivity index (χ0v) is 18.0. The van der Waals surface area contributed by atoms with Crippen molar-refractivity contribution in [2.75, 3.05) is 7.11 Å². The van der Waals surface area contributed by atoms with E-state index in [0.717, 1.165) is 0 Å². The monoisotopic (exact) mass is 436 g/mol. The maximum atomic E-state index is 14.1. The van der Waals surface area contributed by atoms with E-state index >= 15 is 0 Å². The fourth-order valence-electron chi connectivity index (χ4n) is 3.37. The van der Waals surface area contributed by atoms with Gasteiger partial charge in [-0.3, -0.25) is 14.3 Å². The smallest absolute Gasteiger partial charge is 0.260 e. The number of fused-ring (bicyclic) bond motifs is 1. The van der Waals surface area contributed by atoms with Gasteiger partial charge < -0.3 is 13.8 Å². The lowest BCUT2D eigenvalue weighted by Gasteiger charge is -2.16. The van der Waals surface area contributed by atoms with Crippen molar-refractivity contribution >= 4 is 28.5 Å². The fraction of sp³-hybridized carbons (Fsp3) is 0.227. The standard InChI is InChI=1S/C22H21FN6O3/c1-12(19-8-13(2)27-32-19)11-29-20(14(3)23)25-26-21(29)15(4)28-7-6-18-17(22(28)30)9-16(31-5)10-24-18/h6-11,15H,3H2,1-2,4-5H3/b12-11+/t15-/m0/s1. The topological polar surface area (TPSA) is 101 Å². The predicted molar refractivity (Wildman–Crippen MR) is 118 cm³/mol. The summed E-state index contributed by atoms with van der Waals surface area (Å²) in [4.78, 5) is 17.4. The molecule has 4 aromatic heterocycles. The Kier molecular flexibility index (Phi) is 5.43. The summed E-state index contributed by atoms with van der Waals surface area (Å²) in [7, 11) is 1.51. The maximum Gasteiger partial charge on any atom is 0.260 e.